The molecule has 298 valence electrons. The fourth-order valence-electron chi connectivity index (χ4n) is 24.9. The fourth-order valence-corrected chi connectivity index (χ4v) is 25.1. The van der Waals surface area contributed by atoms with E-state index in [0.717, 1.165) is 10.6 Å². The quantitative estimate of drug-likeness (QED) is 0.153. The monoisotopic (exact) mass is 890 g/mol. The average molecular weight is 891 g/mol. The number of benzene rings is 19. The van der Waals surface area contributed by atoms with Crippen LogP contribution in [-0.4, -0.2) is 0 Å². The standard InChI is InChI=1S/C68H7ClO2/c1-66(6-2-4-7(69)5-3-6)70-67-62-54-46-36-26-18-10-8-9-12-16-14(10)22-30-24(16)34-28-20(12)21-13(9)17-15-11(8)19(18)27-33-23(15)31-25(17)35-29(21)39-38(28)48-42(34)52-44(30)50(40(46)32(22)26)58(62)60(52)64-56(48)57-49(39)43(35)53-45(31)51-41(33)47(37(27)36)55(54)63(67)59(51)61(53)65(57)68(64,67)71-66/h2-5H,1H3. The van der Waals surface area contributed by atoms with E-state index in [9.17, 15) is 0 Å². The summed E-state index contributed by atoms with van der Waals surface area (Å²) in [6, 6.07) is 8.50. The molecule has 2 nitrogen and oxygen atoms in total. The van der Waals surface area contributed by atoms with E-state index in [1.165, 1.54) is 65.3 Å². The lowest BCUT2D eigenvalue weighted by Gasteiger charge is -2.46. The predicted octanol–water partition coefficient (Wildman–Crippen LogP) is 18.8. The highest BCUT2D eigenvalue weighted by Crippen LogP contribution is 2.86. The van der Waals surface area contributed by atoms with Crippen molar-refractivity contribution in [3.8, 4) is 0 Å². The first kappa shape index (κ1) is 26.8. The maximum atomic E-state index is 8.69. The van der Waals surface area contributed by atoms with Crippen molar-refractivity contribution in [1.29, 1.82) is 0 Å². The van der Waals surface area contributed by atoms with Crippen LogP contribution in [0.5, 0.6) is 0 Å². The molecule has 29 aromatic rings. The molecule has 29 aromatic carbocycles. The first-order chi connectivity index (χ1) is 35.2. The van der Waals surface area contributed by atoms with E-state index in [2.05, 4.69) is 31.2 Å². The Labute approximate surface area is 390 Å². The maximum absolute atomic E-state index is 8.69. The molecule has 34 rings (SSSR count). The van der Waals surface area contributed by atoms with Crippen LogP contribution in [0.4, 0.5) is 0 Å². The molecule has 0 unspecified atom stereocenters. The molecule has 0 bridgehead atoms. The van der Waals surface area contributed by atoms with Crippen LogP contribution >= 0.6 is 11.6 Å². The Kier molecular flexibility index (Phi) is 2.25. The van der Waals surface area contributed by atoms with Gasteiger partial charge in [0.15, 0.2) is 17.0 Å². The van der Waals surface area contributed by atoms with Crippen LogP contribution in [0, 0.1) is 0 Å². The van der Waals surface area contributed by atoms with Crippen molar-refractivity contribution in [1.82, 2.24) is 0 Å². The van der Waals surface area contributed by atoms with E-state index in [1.807, 2.05) is 0 Å². The van der Waals surface area contributed by atoms with Gasteiger partial charge >= 0.3 is 0 Å². The van der Waals surface area contributed by atoms with Gasteiger partial charge in [-0.05, 0) is 310 Å². The molecule has 1 fully saturated rings. The summed E-state index contributed by atoms with van der Waals surface area (Å²) in [4.78, 5) is 0. The minimum absolute atomic E-state index is 0.737. The molecule has 0 N–H and O–H groups in total. The SMILES string of the molecule is CC1(c2ccc(Cl)cc2)OC23c4c5c6c7c8c9c(c%10c%11c2c2c4c4c%12c5c5c6c6c8c8c%13c9c9c%10c%10c%11c%11c2c2c4c4c%12c%12c5c5c6c8c6c8c%13c9c9c%10c%10c%11c2c2c4c4c%12c5c6c5c8c9c%10c2c45)C73O1. The van der Waals surface area contributed by atoms with Crippen LogP contribution in [0.3, 0.4) is 0 Å². The van der Waals surface area contributed by atoms with Crippen molar-refractivity contribution in [2.45, 2.75) is 23.9 Å². The molecular formula is C68H7ClO2. The second kappa shape index (κ2) is 5.98. The molecule has 5 aliphatic rings. The summed E-state index contributed by atoms with van der Waals surface area (Å²) in [6.45, 7) is 2.28. The van der Waals surface area contributed by atoms with Gasteiger partial charge in [0.25, 0.3) is 0 Å². The molecule has 3 heteroatoms. The average Bonchev–Trinajstić information content (AvgIpc) is 4.38. The van der Waals surface area contributed by atoms with Crippen molar-refractivity contribution >= 4 is 302 Å². The highest BCUT2D eigenvalue weighted by molar-refractivity contribution is 6.82. The van der Waals surface area contributed by atoms with Crippen molar-refractivity contribution in [3.63, 3.8) is 0 Å². The Morgan fingerprint density at radius 3 is 0.521 bits per heavy atom. The smallest absolute Gasteiger partial charge is 0.195 e. The van der Waals surface area contributed by atoms with E-state index in [4.69, 9.17) is 21.1 Å². The molecule has 0 aromatic heterocycles. The van der Waals surface area contributed by atoms with Gasteiger partial charge in [-0.25, -0.2) is 0 Å². The zero-order chi connectivity index (χ0) is 42.4. The zero-order valence-corrected chi connectivity index (χ0v) is 36.8. The van der Waals surface area contributed by atoms with Crippen LogP contribution in [0.25, 0.3) is 291 Å². The first-order valence-electron chi connectivity index (χ1n) is 26.1. The maximum Gasteiger partial charge on any atom is 0.195 e. The van der Waals surface area contributed by atoms with Gasteiger partial charge < -0.3 is 9.47 Å². The predicted molar refractivity (Wildman–Crippen MR) is 295 cm³/mol. The Morgan fingerprint density at radius 1 is 0.225 bits per heavy atom. The summed E-state index contributed by atoms with van der Waals surface area (Å²) >= 11 is 6.79. The van der Waals surface area contributed by atoms with Crippen molar-refractivity contribution < 1.29 is 9.47 Å². The van der Waals surface area contributed by atoms with Crippen molar-refractivity contribution in [2.24, 2.45) is 0 Å². The number of hydrogen-bond acceptors (Lipinski definition) is 2. The minimum atomic E-state index is -1.08. The summed E-state index contributed by atoms with van der Waals surface area (Å²) in [5.74, 6) is -1.08. The summed E-state index contributed by atoms with van der Waals surface area (Å²) < 4.78 is 17.4. The molecular weight excluding hydrogens is 884 g/mol. The van der Waals surface area contributed by atoms with Crippen molar-refractivity contribution in [2.75, 3.05) is 0 Å². The van der Waals surface area contributed by atoms with Crippen LogP contribution in [0.2, 0.25) is 5.02 Å². The molecule has 0 radical (unpaired) electrons. The minimum Gasteiger partial charge on any atom is -0.326 e. The van der Waals surface area contributed by atoms with Gasteiger partial charge in [0.05, 0.1) is 0 Å². The fraction of sp³-hybridized carbons (Fsp3) is 0.0588. The summed E-state index contributed by atoms with van der Waals surface area (Å²) in [7, 11) is 0. The molecule has 2 spiro atoms. The van der Waals surface area contributed by atoms with Gasteiger partial charge in [0.1, 0.15) is 0 Å². The lowest BCUT2D eigenvalue weighted by Crippen LogP contribution is -2.49. The largest absolute Gasteiger partial charge is 0.326 e. The third-order valence-corrected chi connectivity index (χ3v) is 25.5. The van der Waals surface area contributed by atoms with Gasteiger partial charge in [-0.2, -0.15) is 0 Å². The highest BCUT2D eigenvalue weighted by Gasteiger charge is 2.78. The zero-order valence-electron chi connectivity index (χ0n) is 36.0. The number of rotatable bonds is 1. The first-order valence-corrected chi connectivity index (χ1v) is 26.5. The van der Waals surface area contributed by atoms with E-state index in [0.29, 0.717) is 0 Å². The summed E-state index contributed by atoms with van der Waals surface area (Å²) in [6.07, 6.45) is 0. The molecule has 0 atom stereocenters. The van der Waals surface area contributed by atoms with Crippen molar-refractivity contribution in [3.05, 3.63) is 57.1 Å². The summed E-state index contributed by atoms with van der Waals surface area (Å²) in [5, 5.41) is 86.0. The second-order valence-corrected chi connectivity index (χ2v) is 26.2. The third kappa shape index (κ3) is 1.44. The highest BCUT2D eigenvalue weighted by atomic mass is 35.5. The van der Waals surface area contributed by atoms with Crippen LogP contribution in [0.1, 0.15) is 34.7 Å². The Balaban J connectivity index is 1.15. The summed E-state index contributed by atoms with van der Waals surface area (Å²) in [5.41, 5.74) is 4.99. The molecule has 71 heavy (non-hydrogen) atoms. The Morgan fingerprint density at radius 2 is 0.366 bits per heavy atom. The molecule has 4 aliphatic carbocycles. The van der Waals surface area contributed by atoms with E-state index < -0.39 is 17.0 Å². The Bertz CT molecular complexity index is 6870. The normalized spacial score (nSPS) is 24.5. The van der Waals surface area contributed by atoms with E-state index in [1.54, 1.807) is 248 Å². The van der Waals surface area contributed by atoms with E-state index in [-0.39, 0.29) is 0 Å². The van der Waals surface area contributed by atoms with Gasteiger partial charge in [-0.1, -0.05) is 23.7 Å². The topological polar surface area (TPSA) is 18.5 Å². The lowest BCUT2D eigenvalue weighted by molar-refractivity contribution is -0.186. The van der Waals surface area contributed by atoms with Crippen LogP contribution < -0.4 is 0 Å². The van der Waals surface area contributed by atoms with Gasteiger partial charge in [0, 0.05) is 32.8 Å². The second-order valence-electron chi connectivity index (χ2n) is 25.8. The van der Waals surface area contributed by atoms with E-state index >= 15 is 0 Å². The van der Waals surface area contributed by atoms with Gasteiger partial charge in [-0.3, -0.25) is 0 Å². The van der Waals surface area contributed by atoms with Crippen LogP contribution in [-0.2, 0) is 26.5 Å². The van der Waals surface area contributed by atoms with Crippen LogP contribution in [0.15, 0.2) is 24.3 Å². The molecule has 0 saturated carbocycles. The molecule has 1 heterocycles. The number of halogens is 1. The number of hydrogen-bond donors (Lipinski definition) is 0. The lowest BCUT2D eigenvalue weighted by atomic mass is 9.61. The number of ether oxygens (including phenoxy) is 2. The molecule has 1 saturated heterocycles. The molecule has 1 aliphatic heterocycles. The molecule has 0 amide bonds. The third-order valence-electron chi connectivity index (χ3n) is 25.2. The van der Waals surface area contributed by atoms with Gasteiger partial charge in [-0.15, -0.1) is 0 Å². The Hall–Kier alpha value is -8.11. The van der Waals surface area contributed by atoms with Gasteiger partial charge in [0.2, 0.25) is 0 Å².